The van der Waals surface area contributed by atoms with Gasteiger partial charge in [0, 0.05) is 31.5 Å². The number of aliphatic carboxylic acids is 1. The number of hydrogen-bond acceptors (Lipinski definition) is 3. The number of carboxylic acids is 1. The highest BCUT2D eigenvalue weighted by atomic mass is 16.4. The van der Waals surface area contributed by atoms with Crippen LogP contribution in [0.5, 0.6) is 0 Å². The zero-order valence-corrected chi connectivity index (χ0v) is 15.8. The molecule has 6 heteroatoms. The molecule has 3 unspecified atom stereocenters. The molecule has 2 amide bonds. The topological polar surface area (TPSA) is 89.9 Å². The number of amides is 2. The second-order valence-electron chi connectivity index (χ2n) is 8.01. The minimum absolute atomic E-state index is 0.0279. The fraction of sp³-hybridized carbons (Fsp3) is 0.619. The molecule has 1 saturated heterocycles. The molecule has 1 heterocycles. The monoisotopic (exact) mass is 374 g/mol. The van der Waals surface area contributed by atoms with Crippen LogP contribution in [0.25, 0.3) is 0 Å². The number of nitrogens with one attached hydrogen (secondary N) is 1. The Morgan fingerprint density at radius 1 is 1.22 bits per heavy atom. The van der Waals surface area contributed by atoms with E-state index in [0.29, 0.717) is 32.4 Å². The number of piperidine rings is 1. The summed E-state index contributed by atoms with van der Waals surface area (Å²) >= 11 is 0. The molecule has 27 heavy (non-hydrogen) atoms. The lowest BCUT2D eigenvalue weighted by atomic mass is 9.71. The maximum absolute atomic E-state index is 12.8. The van der Waals surface area contributed by atoms with Crippen molar-refractivity contribution in [2.75, 3.05) is 13.1 Å². The highest BCUT2D eigenvalue weighted by Gasteiger charge is 2.43. The molecule has 3 atom stereocenters. The first-order valence-corrected chi connectivity index (χ1v) is 10.00. The molecule has 3 N–H and O–H groups in total. The van der Waals surface area contributed by atoms with Crippen molar-refractivity contribution >= 4 is 12.0 Å². The lowest BCUT2D eigenvalue weighted by Crippen LogP contribution is -2.57. The molecule has 1 saturated carbocycles. The number of hydrogen-bond donors (Lipinski definition) is 3. The van der Waals surface area contributed by atoms with Crippen molar-refractivity contribution in [1.29, 1.82) is 0 Å². The third-order valence-electron chi connectivity index (χ3n) is 6.07. The van der Waals surface area contributed by atoms with Gasteiger partial charge in [-0.15, -0.1) is 0 Å². The van der Waals surface area contributed by atoms with Gasteiger partial charge >= 0.3 is 12.0 Å². The first-order chi connectivity index (χ1) is 13.0. The molecule has 2 aliphatic rings. The van der Waals surface area contributed by atoms with Crippen molar-refractivity contribution in [1.82, 2.24) is 10.2 Å². The normalized spacial score (nSPS) is 26.1. The van der Waals surface area contributed by atoms with Crippen LogP contribution in [-0.4, -0.2) is 51.8 Å². The average Bonchev–Trinajstić information content (AvgIpc) is 2.66. The number of carbonyl (C=O) groups excluding carboxylic acids is 1. The number of fused-ring (bicyclic) bond motifs is 1. The van der Waals surface area contributed by atoms with E-state index in [-0.39, 0.29) is 24.4 Å². The van der Waals surface area contributed by atoms with Crippen LogP contribution in [-0.2, 0) is 11.2 Å². The van der Waals surface area contributed by atoms with E-state index in [4.69, 9.17) is 5.11 Å². The van der Waals surface area contributed by atoms with Gasteiger partial charge < -0.3 is 20.4 Å². The Kier molecular flexibility index (Phi) is 6.37. The molecule has 1 aliphatic heterocycles. The number of likely N-dealkylation sites (tertiary alicyclic amines) is 1. The summed E-state index contributed by atoms with van der Waals surface area (Å²) in [6.45, 7) is 1.13. The van der Waals surface area contributed by atoms with Crippen molar-refractivity contribution < 1.29 is 19.8 Å². The molecular formula is C21H30N2O4. The summed E-state index contributed by atoms with van der Waals surface area (Å²) in [6.07, 6.45) is 5.64. The van der Waals surface area contributed by atoms with E-state index in [2.05, 4.69) is 5.32 Å². The van der Waals surface area contributed by atoms with E-state index in [1.165, 1.54) is 0 Å². The molecule has 148 valence electrons. The van der Waals surface area contributed by atoms with E-state index in [1.807, 2.05) is 30.3 Å². The molecule has 3 rings (SSSR count). The number of rotatable bonds is 6. The average molecular weight is 374 g/mol. The molecule has 1 aromatic rings. The second kappa shape index (κ2) is 8.74. The maximum Gasteiger partial charge on any atom is 0.317 e. The molecule has 1 aliphatic carbocycles. The van der Waals surface area contributed by atoms with Gasteiger partial charge in [0.25, 0.3) is 0 Å². The predicted octanol–water partition coefficient (Wildman–Crippen LogP) is 2.80. The quantitative estimate of drug-likeness (QED) is 0.714. The van der Waals surface area contributed by atoms with Crippen LogP contribution < -0.4 is 5.32 Å². The molecule has 6 nitrogen and oxygen atoms in total. The minimum atomic E-state index is -0.854. The Labute approximate surface area is 160 Å². The third-order valence-corrected chi connectivity index (χ3v) is 6.07. The number of urea groups is 1. The van der Waals surface area contributed by atoms with Crippen molar-refractivity contribution in [2.24, 2.45) is 5.92 Å². The summed E-state index contributed by atoms with van der Waals surface area (Å²) in [6, 6.07) is 9.44. The van der Waals surface area contributed by atoms with Gasteiger partial charge in [-0.2, -0.15) is 0 Å². The SMILES string of the molecule is O=C(O)CCC(Cc1ccccc1)NC(=O)N1CCC2(O)CCCCC2C1. The molecule has 0 bridgehead atoms. The Bertz CT molecular complexity index is 651. The van der Waals surface area contributed by atoms with Crippen molar-refractivity contribution in [3.05, 3.63) is 35.9 Å². The first kappa shape index (κ1) is 19.7. The first-order valence-electron chi connectivity index (χ1n) is 10.00. The van der Waals surface area contributed by atoms with Gasteiger partial charge in [-0.3, -0.25) is 4.79 Å². The summed E-state index contributed by atoms with van der Waals surface area (Å²) in [4.78, 5) is 25.6. The van der Waals surface area contributed by atoms with Gasteiger partial charge in [0.15, 0.2) is 0 Å². The largest absolute Gasteiger partial charge is 0.481 e. The van der Waals surface area contributed by atoms with Crippen LogP contribution >= 0.6 is 0 Å². The Morgan fingerprint density at radius 2 is 2.00 bits per heavy atom. The lowest BCUT2D eigenvalue weighted by molar-refractivity contribution is -0.137. The minimum Gasteiger partial charge on any atom is -0.481 e. The second-order valence-corrected chi connectivity index (χ2v) is 8.01. The van der Waals surface area contributed by atoms with Crippen LogP contribution in [0, 0.1) is 5.92 Å². The highest BCUT2D eigenvalue weighted by molar-refractivity contribution is 5.75. The van der Waals surface area contributed by atoms with Gasteiger partial charge in [-0.1, -0.05) is 43.2 Å². The van der Waals surface area contributed by atoms with E-state index in [0.717, 1.165) is 31.2 Å². The standard InChI is InChI=1S/C21H30N2O4/c24-19(25)10-9-18(14-16-6-2-1-3-7-16)22-20(26)23-13-12-21(27)11-5-4-8-17(21)15-23/h1-3,6-7,17-18,27H,4-5,8-15H2,(H,22,26)(H,24,25). The molecule has 0 aromatic heterocycles. The van der Waals surface area contributed by atoms with Gasteiger partial charge in [0.1, 0.15) is 0 Å². The van der Waals surface area contributed by atoms with E-state index >= 15 is 0 Å². The van der Waals surface area contributed by atoms with Crippen molar-refractivity contribution in [2.45, 2.75) is 63.0 Å². The third kappa shape index (κ3) is 5.22. The zero-order valence-electron chi connectivity index (χ0n) is 15.8. The van der Waals surface area contributed by atoms with Crippen LogP contribution in [0.3, 0.4) is 0 Å². The zero-order chi connectivity index (χ0) is 19.3. The van der Waals surface area contributed by atoms with Crippen LogP contribution in [0.2, 0.25) is 0 Å². The van der Waals surface area contributed by atoms with Crippen LogP contribution in [0.1, 0.15) is 50.5 Å². The highest BCUT2D eigenvalue weighted by Crippen LogP contribution is 2.39. The van der Waals surface area contributed by atoms with Gasteiger partial charge in [0.05, 0.1) is 5.60 Å². The van der Waals surface area contributed by atoms with Crippen LogP contribution in [0.15, 0.2) is 30.3 Å². The summed E-state index contributed by atoms with van der Waals surface area (Å²) in [5, 5.41) is 22.8. The Balaban J connectivity index is 1.60. The van der Waals surface area contributed by atoms with E-state index in [1.54, 1.807) is 4.90 Å². The van der Waals surface area contributed by atoms with E-state index in [9.17, 15) is 14.7 Å². The molecular weight excluding hydrogens is 344 g/mol. The predicted molar refractivity (Wildman–Crippen MR) is 102 cm³/mol. The summed E-state index contributed by atoms with van der Waals surface area (Å²) in [5.74, 6) is -0.704. The fourth-order valence-electron chi connectivity index (χ4n) is 4.44. The Morgan fingerprint density at radius 3 is 2.74 bits per heavy atom. The van der Waals surface area contributed by atoms with Crippen molar-refractivity contribution in [3.63, 3.8) is 0 Å². The number of carbonyl (C=O) groups is 2. The maximum atomic E-state index is 12.8. The van der Waals surface area contributed by atoms with Crippen molar-refractivity contribution in [3.8, 4) is 0 Å². The number of nitrogens with zero attached hydrogens (tertiary/aromatic N) is 1. The Hall–Kier alpha value is -2.08. The number of aliphatic hydroxyl groups is 1. The summed E-state index contributed by atoms with van der Waals surface area (Å²) in [5.41, 5.74) is 0.468. The van der Waals surface area contributed by atoms with Gasteiger partial charge in [0.2, 0.25) is 0 Å². The van der Waals surface area contributed by atoms with Gasteiger partial charge in [-0.05, 0) is 37.7 Å². The van der Waals surface area contributed by atoms with Gasteiger partial charge in [-0.25, -0.2) is 4.79 Å². The molecule has 1 aromatic carbocycles. The number of carboxylic acid groups (broad SMARTS) is 1. The summed E-state index contributed by atoms with van der Waals surface area (Å²) < 4.78 is 0. The summed E-state index contributed by atoms with van der Waals surface area (Å²) in [7, 11) is 0. The smallest absolute Gasteiger partial charge is 0.317 e. The lowest BCUT2D eigenvalue weighted by Gasteiger charge is -2.47. The number of benzene rings is 1. The van der Waals surface area contributed by atoms with Crippen LogP contribution in [0.4, 0.5) is 4.79 Å². The molecule has 0 spiro atoms. The van der Waals surface area contributed by atoms with E-state index < -0.39 is 11.6 Å². The molecule has 0 radical (unpaired) electrons. The fourth-order valence-corrected chi connectivity index (χ4v) is 4.44. The molecule has 2 fully saturated rings.